The molecule has 0 aliphatic heterocycles. The molecule has 102 valence electrons. The molecule has 0 aliphatic rings. The first-order valence-electron chi connectivity index (χ1n) is 5.23. The minimum absolute atomic E-state index is 0.0375. The Balaban J connectivity index is 2.17. The van der Waals surface area contributed by atoms with Crippen LogP contribution in [-0.4, -0.2) is 43.1 Å². The van der Waals surface area contributed by atoms with Crippen molar-refractivity contribution in [1.82, 2.24) is 10.3 Å². The molecule has 1 aromatic rings. The van der Waals surface area contributed by atoms with Crippen molar-refractivity contribution in [2.45, 2.75) is 0 Å². The molecule has 1 heterocycles. The highest BCUT2D eigenvalue weighted by Gasteiger charge is 2.08. The summed E-state index contributed by atoms with van der Waals surface area (Å²) in [6.07, 6.45) is 4.27. The quantitative estimate of drug-likeness (QED) is 0.427. The molecule has 0 saturated carbocycles. The lowest BCUT2D eigenvalue weighted by molar-refractivity contribution is -0.139. The van der Waals surface area contributed by atoms with Gasteiger partial charge in [0.15, 0.2) is 6.39 Å². The van der Waals surface area contributed by atoms with Gasteiger partial charge < -0.3 is 19.2 Å². The molecule has 0 saturated heterocycles. The summed E-state index contributed by atoms with van der Waals surface area (Å²) in [5.74, 6) is -1.76. The molecule has 1 N–H and O–H groups in total. The third-order valence-corrected chi connectivity index (χ3v) is 1.84. The first-order valence-corrected chi connectivity index (χ1v) is 5.23. The zero-order valence-corrected chi connectivity index (χ0v) is 10.1. The number of amides is 1. The second kappa shape index (κ2) is 7.64. The van der Waals surface area contributed by atoms with Crippen LogP contribution in [0.3, 0.4) is 0 Å². The van der Waals surface area contributed by atoms with Crippen LogP contribution in [0.2, 0.25) is 0 Å². The molecule has 1 amide bonds. The molecular weight excluding hydrogens is 256 g/mol. The molecule has 8 nitrogen and oxygen atoms in total. The van der Waals surface area contributed by atoms with Crippen LogP contribution in [0.25, 0.3) is 0 Å². The van der Waals surface area contributed by atoms with Gasteiger partial charge in [-0.1, -0.05) is 0 Å². The molecule has 0 atom stereocenters. The fourth-order valence-corrected chi connectivity index (χ4v) is 0.983. The van der Waals surface area contributed by atoms with E-state index in [0.717, 1.165) is 18.5 Å². The summed E-state index contributed by atoms with van der Waals surface area (Å²) in [7, 11) is 1.19. The van der Waals surface area contributed by atoms with E-state index in [1.165, 1.54) is 13.3 Å². The van der Waals surface area contributed by atoms with Gasteiger partial charge in [-0.2, -0.15) is 0 Å². The summed E-state index contributed by atoms with van der Waals surface area (Å²) in [6, 6.07) is 0. The van der Waals surface area contributed by atoms with Crippen molar-refractivity contribution in [1.29, 1.82) is 0 Å². The van der Waals surface area contributed by atoms with Gasteiger partial charge in [-0.25, -0.2) is 14.6 Å². The summed E-state index contributed by atoms with van der Waals surface area (Å²) in [5.41, 5.74) is 0. The molecule has 0 radical (unpaired) electrons. The summed E-state index contributed by atoms with van der Waals surface area (Å²) in [6.45, 7) is 0.0710. The number of rotatable bonds is 6. The summed E-state index contributed by atoms with van der Waals surface area (Å²) in [4.78, 5) is 36.7. The molecule has 19 heavy (non-hydrogen) atoms. The lowest BCUT2D eigenvalue weighted by Gasteiger charge is -2.03. The largest absolute Gasteiger partial charge is 0.466 e. The minimum atomic E-state index is -0.709. The zero-order valence-electron chi connectivity index (χ0n) is 10.1. The van der Waals surface area contributed by atoms with Crippen LogP contribution in [0.1, 0.15) is 10.6 Å². The van der Waals surface area contributed by atoms with Crippen molar-refractivity contribution in [3.8, 4) is 0 Å². The predicted molar refractivity (Wildman–Crippen MR) is 61.0 cm³/mol. The highest BCUT2D eigenvalue weighted by Crippen LogP contribution is 1.94. The molecule has 8 heteroatoms. The highest BCUT2D eigenvalue weighted by molar-refractivity contribution is 5.92. The summed E-state index contributed by atoms with van der Waals surface area (Å²) >= 11 is 0. The van der Waals surface area contributed by atoms with Crippen LogP contribution in [0, 0.1) is 0 Å². The summed E-state index contributed by atoms with van der Waals surface area (Å²) < 4.78 is 13.8. The van der Waals surface area contributed by atoms with Crippen LogP contribution in [0.5, 0.6) is 0 Å². The Kier molecular flexibility index (Phi) is 5.80. The molecule has 1 aromatic heterocycles. The molecule has 0 spiro atoms. The number of nitrogens with one attached hydrogen (secondary N) is 1. The van der Waals surface area contributed by atoms with Gasteiger partial charge in [0.05, 0.1) is 19.9 Å². The van der Waals surface area contributed by atoms with E-state index in [1.807, 2.05) is 0 Å². The Morgan fingerprint density at radius 3 is 2.74 bits per heavy atom. The van der Waals surface area contributed by atoms with E-state index in [1.54, 1.807) is 0 Å². The number of carbonyl (C=O) groups is 3. The first-order chi connectivity index (χ1) is 9.13. The number of methoxy groups -OCH3 is 1. The fraction of sp³-hybridized carbons (Fsp3) is 0.273. The molecule has 0 bridgehead atoms. The Labute approximate surface area is 108 Å². The van der Waals surface area contributed by atoms with Crippen molar-refractivity contribution in [2.24, 2.45) is 0 Å². The summed E-state index contributed by atoms with van der Waals surface area (Å²) in [5, 5.41) is 2.45. The van der Waals surface area contributed by atoms with Gasteiger partial charge in [-0.3, -0.25) is 4.79 Å². The third-order valence-electron chi connectivity index (χ3n) is 1.84. The van der Waals surface area contributed by atoms with E-state index in [4.69, 9.17) is 9.15 Å². The van der Waals surface area contributed by atoms with E-state index in [0.29, 0.717) is 0 Å². The number of oxazole rings is 1. The SMILES string of the molecule is COC(=O)/C=C/C(=O)OCCNC(=O)c1cnco1. The Hall–Kier alpha value is -2.64. The average molecular weight is 268 g/mol. The zero-order chi connectivity index (χ0) is 14.1. The second-order valence-electron chi connectivity index (χ2n) is 3.15. The standard InChI is InChI=1S/C11H12N2O6/c1-17-9(14)2-3-10(15)18-5-4-13-11(16)8-6-12-7-19-8/h2-3,6-7H,4-5H2,1H3,(H,13,16)/b3-2+. The van der Waals surface area contributed by atoms with Crippen molar-refractivity contribution in [3.63, 3.8) is 0 Å². The van der Waals surface area contributed by atoms with Gasteiger partial charge in [0.2, 0.25) is 5.76 Å². The van der Waals surface area contributed by atoms with Crippen molar-refractivity contribution < 1.29 is 28.3 Å². The molecule has 0 fully saturated rings. The van der Waals surface area contributed by atoms with Crippen molar-refractivity contribution >= 4 is 17.8 Å². The minimum Gasteiger partial charge on any atom is -0.466 e. The predicted octanol–water partition coefficient (Wildman–Crippen LogP) is -0.323. The Morgan fingerprint density at radius 1 is 1.37 bits per heavy atom. The molecule has 1 rings (SSSR count). The van der Waals surface area contributed by atoms with Crippen molar-refractivity contribution in [2.75, 3.05) is 20.3 Å². The van der Waals surface area contributed by atoms with E-state index in [2.05, 4.69) is 15.0 Å². The number of nitrogens with zero attached hydrogens (tertiary/aromatic N) is 1. The van der Waals surface area contributed by atoms with E-state index in [-0.39, 0.29) is 18.9 Å². The first kappa shape index (κ1) is 14.4. The van der Waals surface area contributed by atoms with E-state index >= 15 is 0 Å². The monoisotopic (exact) mass is 268 g/mol. The molecule has 0 aliphatic carbocycles. The maximum Gasteiger partial charge on any atom is 0.331 e. The van der Waals surface area contributed by atoms with Crippen LogP contribution in [0.4, 0.5) is 0 Å². The lowest BCUT2D eigenvalue weighted by Crippen LogP contribution is -2.27. The van der Waals surface area contributed by atoms with Gasteiger partial charge >= 0.3 is 11.9 Å². The average Bonchev–Trinajstić information content (AvgIpc) is 2.94. The van der Waals surface area contributed by atoms with Gasteiger partial charge in [0.1, 0.15) is 6.61 Å². The van der Waals surface area contributed by atoms with Crippen LogP contribution < -0.4 is 5.32 Å². The van der Waals surface area contributed by atoms with Crippen LogP contribution >= 0.6 is 0 Å². The lowest BCUT2D eigenvalue weighted by atomic mass is 10.4. The maximum absolute atomic E-state index is 11.3. The van der Waals surface area contributed by atoms with Gasteiger partial charge in [-0.05, 0) is 0 Å². The van der Waals surface area contributed by atoms with Gasteiger partial charge in [0, 0.05) is 12.2 Å². The molecular formula is C11H12N2O6. The van der Waals surface area contributed by atoms with Crippen LogP contribution in [-0.2, 0) is 19.1 Å². The fourth-order valence-electron chi connectivity index (χ4n) is 0.983. The van der Waals surface area contributed by atoms with Crippen LogP contribution in [0.15, 0.2) is 29.2 Å². The number of carbonyl (C=O) groups excluding carboxylic acids is 3. The number of esters is 2. The van der Waals surface area contributed by atoms with Crippen molar-refractivity contribution in [3.05, 3.63) is 30.5 Å². The van der Waals surface area contributed by atoms with E-state index in [9.17, 15) is 14.4 Å². The smallest absolute Gasteiger partial charge is 0.331 e. The van der Waals surface area contributed by atoms with E-state index < -0.39 is 17.8 Å². The Bertz CT molecular complexity index is 466. The number of ether oxygens (including phenoxy) is 2. The highest BCUT2D eigenvalue weighted by atomic mass is 16.5. The maximum atomic E-state index is 11.3. The Morgan fingerprint density at radius 2 is 2.11 bits per heavy atom. The molecule has 0 aromatic carbocycles. The van der Waals surface area contributed by atoms with Gasteiger partial charge in [0.25, 0.3) is 5.91 Å². The molecule has 0 unspecified atom stereocenters. The number of hydrogen-bond acceptors (Lipinski definition) is 7. The topological polar surface area (TPSA) is 108 Å². The third kappa shape index (κ3) is 5.48. The van der Waals surface area contributed by atoms with Gasteiger partial charge in [-0.15, -0.1) is 0 Å². The second-order valence-corrected chi connectivity index (χ2v) is 3.15. The number of hydrogen-bond donors (Lipinski definition) is 1. The normalized spacial score (nSPS) is 10.2. The number of aromatic nitrogens is 1.